The van der Waals surface area contributed by atoms with Gasteiger partial charge < -0.3 is 14.4 Å². The third kappa shape index (κ3) is 3.24. The topological polar surface area (TPSA) is 47.5 Å². The molecule has 0 bridgehead atoms. The Morgan fingerprint density at radius 3 is 2.80 bits per heavy atom. The summed E-state index contributed by atoms with van der Waals surface area (Å²) in [5, 5.41) is 1.01. The van der Waals surface area contributed by atoms with Crippen LogP contribution >= 0.6 is 0 Å². The van der Waals surface area contributed by atoms with Crippen molar-refractivity contribution in [3.63, 3.8) is 0 Å². The van der Waals surface area contributed by atoms with Gasteiger partial charge in [0.05, 0.1) is 25.0 Å². The van der Waals surface area contributed by atoms with E-state index in [4.69, 9.17) is 14.5 Å². The summed E-state index contributed by atoms with van der Waals surface area (Å²) in [4.78, 5) is 11.8. The zero-order chi connectivity index (χ0) is 17.2. The van der Waals surface area contributed by atoms with E-state index >= 15 is 0 Å². The van der Waals surface area contributed by atoms with Crippen LogP contribution in [0.3, 0.4) is 0 Å². The number of hydrogen-bond acceptors (Lipinski definition) is 5. The number of ether oxygens (including phenoxy) is 2. The minimum Gasteiger partial charge on any atom is -0.490 e. The first kappa shape index (κ1) is 16.1. The Morgan fingerprint density at radius 2 is 2.08 bits per heavy atom. The van der Waals surface area contributed by atoms with Gasteiger partial charge in [-0.3, -0.25) is 4.98 Å². The predicted octanol–water partition coefficient (Wildman–Crippen LogP) is 3.60. The molecule has 1 aliphatic heterocycles. The van der Waals surface area contributed by atoms with Gasteiger partial charge in [0.25, 0.3) is 0 Å². The molecule has 1 aliphatic carbocycles. The highest BCUT2D eigenvalue weighted by Crippen LogP contribution is 2.34. The van der Waals surface area contributed by atoms with Crippen molar-refractivity contribution in [3.8, 4) is 5.75 Å². The summed E-state index contributed by atoms with van der Waals surface area (Å²) in [5.41, 5.74) is 2.96. The second-order valence-electron chi connectivity index (χ2n) is 6.60. The van der Waals surface area contributed by atoms with Crippen LogP contribution in [0.5, 0.6) is 5.75 Å². The normalized spacial score (nSPS) is 17.4. The van der Waals surface area contributed by atoms with E-state index in [1.54, 1.807) is 0 Å². The molecule has 0 saturated carbocycles. The molecule has 0 atom stereocenters. The standard InChI is InChI=1S/C20H23N3O2/c1-14(2)25-17-13-18(23-9-11-24-12-10-23)22-20-16(17)7-8-21-19(20)15-5-3-4-6-15/h3,5-8,13-14H,4,9-12H2,1-2H3. The third-order valence-electron chi connectivity index (χ3n) is 4.42. The Bertz CT molecular complexity index is 836. The minimum atomic E-state index is 0.102. The fourth-order valence-corrected chi connectivity index (χ4v) is 3.26. The molecule has 2 aliphatic rings. The fraction of sp³-hybridized carbons (Fsp3) is 0.400. The zero-order valence-corrected chi connectivity index (χ0v) is 14.7. The summed E-state index contributed by atoms with van der Waals surface area (Å²) in [6.07, 6.45) is 9.35. The van der Waals surface area contributed by atoms with Gasteiger partial charge in [-0.05, 0) is 31.9 Å². The quantitative estimate of drug-likeness (QED) is 0.853. The number of anilines is 1. The summed E-state index contributed by atoms with van der Waals surface area (Å²) in [6, 6.07) is 4.04. The summed E-state index contributed by atoms with van der Waals surface area (Å²) in [7, 11) is 0. The van der Waals surface area contributed by atoms with E-state index in [2.05, 4.69) is 34.2 Å². The smallest absolute Gasteiger partial charge is 0.133 e. The highest BCUT2D eigenvalue weighted by molar-refractivity contribution is 5.96. The van der Waals surface area contributed by atoms with Crippen molar-refractivity contribution in [3.05, 3.63) is 42.3 Å². The van der Waals surface area contributed by atoms with Gasteiger partial charge in [0.1, 0.15) is 17.1 Å². The average molecular weight is 337 g/mol. The van der Waals surface area contributed by atoms with Crippen LogP contribution in [-0.2, 0) is 4.74 Å². The van der Waals surface area contributed by atoms with Crippen molar-refractivity contribution in [2.24, 2.45) is 0 Å². The van der Waals surface area contributed by atoms with Gasteiger partial charge in [-0.1, -0.05) is 18.2 Å². The number of pyridine rings is 2. The van der Waals surface area contributed by atoms with E-state index in [9.17, 15) is 0 Å². The summed E-state index contributed by atoms with van der Waals surface area (Å²) >= 11 is 0. The predicted molar refractivity (Wildman–Crippen MR) is 100 cm³/mol. The Balaban J connectivity index is 1.88. The maximum Gasteiger partial charge on any atom is 0.133 e. The van der Waals surface area contributed by atoms with Crippen LogP contribution in [-0.4, -0.2) is 42.4 Å². The van der Waals surface area contributed by atoms with Crippen molar-refractivity contribution in [1.82, 2.24) is 9.97 Å². The van der Waals surface area contributed by atoms with E-state index in [1.165, 1.54) is 0 Å². The lowest BCUT2D eigenvalue weighted by molar-refractivity contribution is 0.122. The fourth-order valence-electron chi connectivity index (χ4n) is 3.26. The van der Waals surface area contributed by atoms with Gasteiger partial charge in [0.15, 0.2) is 0 Å². The molecule has 130 valence electrons. The van der Waals surface area contributed by atoms with Gasteiger partial charge in [-0.25, -0.2) is 4.98 Å². The van der Waals surface area contributed by atoms with E-state index in [0.29, 0.717) is 0 Å². The Hall–Kier alpha value is -2.40. The van der Waals surface area contributed by atoms with E-state index < -0.39 is 0 Å². The molecule has 25 heavy (non-hydrogen) atoms. The van der Waals surface area contributed by atoms with E-state index in [-0.39, 0.29) is 6.10 Å². The van der Waals surface area contributed by atoms with Crippen LogP contribution in [0.15, 0.2) is 36.6 Å². The van der Waals surface area contributed by atoms with Crippen molar-refractivity contribution in [2.75, 3.05) is 31.2 Å². The average Bonchev–Trinajstić information content (AvgIpc) is 3.16. The lowest BCUT2D eigenvalue weighted by Crippen LogP contribution is -2.36. The molecule has 2 aromatic rings. The number of aromatic nitrogens is 2. The molecule has 0 amide bonds. The van der Waals surface area contributed by atoms with Crippen molar-refractivity contribution < 1.29 is 9.47 Å². The number of hydrogen-bond donors (Lipinski definition) is 0. The molecule has 5 heteroatoms. The minimum absolute atomic E-state index is 0.102. The van der Waals surface area contributed by atoms with Gasteiger partial charge in [0, 0.05) is 30.7 Å². The molecule has 3 heterocycles. The highest BCUT2D eigenvalue weighted by atomic mass is 16.5. The van der Waals surface area contributed by atoms with Crippen LogP contribution in [0.2, 0.25) is 0 Å². The van der Waals surface area contributed by atoms with E-state index in [0.717, 1.165) is 66.5 Å². The molecule has 0 radical (unpaired) electrons. The van der Waals surface area contributed by atoms with Crippen molar-refractivity contribution in [1.29, 1.82) is 0 Å². The molecule has 5 nitrogen and oxygen atoms in total. The molecular weight excluding hydrogens is 314 g/mol. The van der Waals surface area contributed by atoms with Crippen LogP contribution in [0.1, 0.15) is 26.0 Å². The second kappa shape index (κ2) is 6.84. The molecule has 0 unspecified atom stereocenters. The largest absolute Gasteiger partial charge is 0.490 e. The number of morpholine rings is 1. The molecule has 1 saturated heterocycles. The molecule has 0 spiro atoms. The molecule has 2 aromatic heterocycles. The van der Waals surface area contributed by atoms with Gasteiger partial charge >= 0.3 is 0 Å². The number of fused-ring (bicyclic) bond motifs is 1. The number of rotatable bonds is 4. The first-order chi connectivity index (χ1) is 12.2. The summed E-state index contributed by atoms with van der Waals surface area (Å²) in [5.74, 6) is 1.80. The monoisotopic (exact) mass is 337 g/mol. The SMILES string of the molecule is CC(C)Oc1cc(N2CCOCC2)nc2c(C3=CCC=C3)nccc12. The summed E-state index contributed by atoms with van der Waals surface area (Å²) in [6.45, 7) is 7.24. The van der Waals surface area contributed by atoms with Gasteiger partial charge in [-0.15, -0.1) is 0 Å². The first-order valence-corrected chi connectivity index (χ1v) is 8.88. The maximum absolute atomic E-state index is 6.11. The van der Waals surface area contributed by atoms with Crippen molar-refractivity contribution in [2.45, 2.75) is 26.4 Å². The Labute approximate surface area is 148 Å². The van der Waals surface area contributed by atoms with Crippen LogP contribution in [0, 0.1) is 0 Å². The lowest BCUT2D eigenvalue weighted by atomic mass is 10.1. The molecule has 4 rings (SSSR count). The van der Waals surface area contributed by atoms with Crippen LogP contribution in [0.4, 0.5) is 5.82 Å². The molecule has 0 aromatic carbocycles. The van der Waals surface area contributed by atoms with Crippen LogP contribution < -0.4 is 9.64 Å². The summed E-state index contributed by atoms with van der Waals surface area (Å²) < 4.78 is 11.6. The van der Waals surface area contributed by atoms with Crippen LogP contribution in [0.25, 0.3) is 16.5 Å². The second-order valence-corrected chi connectivity index (χ2v) is 6.60. The van der Waals surface area contributed by atoms with Gasteiger partial charge in [0.2, 0.25) is 0 Å². The Morgan fingerprint density at radius 1 is 1.24 bits per heavy atom. The van der Waals surface area contributed by atoms with Gasteiger partial charge in [-0.2, -0.15) is 0 Å². The lowest BCUT2D eigenvalue weighted by Gasteiger charge is -2.28. The Kier molecular flexibility index (Phi) is 4.40. The van der Waals surface area contributed by atoms with E-state index in [1.807, 2.05) is 26.1 Å². The number of allylic oxidation sites excluding steroid dienone is 4. The zero-order valence-electron chi connectivity index (χ0n) is 14.7. The molecule has 0 N–H and O–H groups in total. The van der Waals surface area contributed by atoms with Crippen molar-refractivity contribution >= 4 is 22.3 Å². The first-order valence-electron chi connectivity index (χ1n) is 8.88. The molecular formula is C20H23N3O2. The molecule has 1 fully saturated rings. The number of nitrogens with zero attached hydrogens (tertiary/aromatic N) is 3. The maximum atomic E-state index is 6.11. The highest BCUT2D eigenvalue weighted by Gasteiger charge is 2.19. The third-order valence-corrected chi connectivity index (χ3v) is 4.42.